The minimum atomic E-state index is -3.82. The Bertz CT molecular complexity index is 1020. The van der Waals surface area contributed by atoms with Crippen LogP contribution in [0.5, 0.6) is 0 Å². The van der Waals surface area contributed by atoms with Crippen LogP contribution in [0.1, 0.15) is 21.5 Å². The molecule has 0 saturated carbocycles. The number of benzene rings is 1. The summed E-state index contributed by atoms with van der Waals surface area (Å²) in [5.41, 5.74) is 2.06. The zero-order valence-electron chi connectivity index (χ0n) is 13.7. The van der Waals surface area contributed by atoms with Crippen molar-refractivity contribution in [3.8, 4) is 0 Å². The van der Waals surface area contributed by atoms with E-state index in [2.05, 4.69) is 25.2 Å². The highest BCUT2D eigenvalue weighted by atomic mass is 32.2. The highest BCUT2D eigenvalue weighted by molar-refractivity contribution is 7.91. The van der Waals surface area contributed by atoms with E-state index in [1.54, 1.807) is 36.7 Å². The first-order valence-corrected chi connectivity index (χ1v) is 9.85. The van der Waals surface area contributed by atoms with Crippen LogP contribution in [0, 0.1) is 6.92 Å². The molecule has 0 saturated heterocycles. The standard InChI is InChI=1S/C16H15N5O3S2/c1-11-4-2-3-5-13(11)14(22)19-15-20-21-16(25-15)26(23,24)18-10-12-6-8-17-9-7-12/h2-9,18H,10H2,1H3,(H,19,20,22). The zero-order valence-corrected chi connectivity index (χ0v) is 15.3. The van der Waals surface area contributed by atoms with E-state index in [1.807, 2.05) is 19.1 Å². The number of nitrogens with one attached hydrogen (secondary N) is 2. The van der Waals surface area contributed by atoms with Gasteiger partial charge >= 0.3 is 0 Å². The van der Waals surface area contributed by atoms with Crippen molar-refractivity contribution < 1.29 is 13.2 Å². The number of nitrogens with zero attached hydrogens (tertiary/aromatic N) is 3. The first-order chi connectivity index (χ1) is 12.5. The fourth-order valence-electron chi connectivity index (χ4n) is 2.10. The number of carbonyl (C=O) groups is 1. The van der Waals surface area contributed by atoms with Gasteiger partial charge in [0.15, 0.2) is 0 Å². The van der Waals surface area contributed by atoms with Gasteiger partial charge in [-0.15, -0.1) is 10.2 Å². The van der Waals surface area contributed by atoms with Gasteiger partial charge in [-0.1, -0.05) is 29.5 Å². The summed E-state index contributed by atoms with van der Waals surface area (Å²) < 4.78 is 26.8. The van der Waals surface area contributed by atoms with Crippen LogP contribution in [-0.4, -0.2) is 29.5 Å². The first kappa shape index (κ1) is 18.1. The van der Waals surface area contributed by atoms with Gasteiger partial charge in [0.25, 0.3) is 15.9 Å². The van der Waals surface area contributed by atoms with E-state index in [4.69, 9.17) is 0 Å². The van der Waals surface area contributed by atoms with Crippen LogP contribution in [0.2, 0.25) is 0 Å². The molecule has 134 valence electrons. The lowest BCUT2D eigenvalue weighted by Gasteiger charge is -2.04. The fourth-order valence-corrected chi connectivity index (χ4v) is 4.06. The Morgan fingerprint density at radius 2 is 1.85 bits per heavy atom. The number of sulfonamides is 1. The third kappa shape index (κ3) is 4.28. The Morgan fingerprint density at radius 1 is 1.12 bits per heavy atom. The molecule has 0 fully saturated rings. The molecule has 3 rings (SSSR count). The molecule has 10 heteroatoms. The maximum Gasteiger partial charge on any atom is 0.270 e. The van der Waals surface area contributed by atoms with E-state index >= 15 is 0 Å². The molecule has 0 atom stereocenters. The monoisotopic (exact) mass is 389 g/mol. The molecule has 0 spiro atoms. The fraction of sp³-hybridized carbons (Fsp3) is 0.125. The number of hydrogen-bond donors (Lipinski definition) is 2. The second-order valence-corrected chi connectivity index (χ2v) is 8.24. The van der Waals surface area contributed by atoms with Crippen molar-refractivity contribution in [2.75, 3.05) is 5.32 Å². The molecule has 0 radical (unpaired) electrons. The van der Waals surface area contributed by atoms with E-state index in [0.29, 0.717) is 5.56 Å². The molecule has 1 aromatic carbocycles. The second-order valence-electron chi connectivity index (χ2n) is 5.32. The van der Waals surface area contributed by atoms with E-state index in [0.717, 1.165) is 22.5 Å². The van der Waals surface area contributed by atoms with Gasteiger partial charge < -0.3 is 0 Å². The molecule has 2 aromatic heterocycles. The van der Waals surface area contributed by atoms with Gasteiger partial charge in [-0.2, -0.15) is 0 Å². The average Bonchev–Trinajstić information content (AvgIpc) is 3.11. The van der Waals surface area contributed by atoms with E-state index in [1.165, 1.54) is 0 Å². The largest absolute Gasteiger partial charge is 0.296 e. The summed E-state index contributed by atoms with van der Waals surface area (Å²) in [5, 5.41) is 10.1. The predicted molar refractivity (Wildman–Crippen MR) is 97.3 cm³/mol. The summed E-state index contributed by atoms with van der Waals surface area (Å²) >= 11 is 0.787. The van der Waals surface area contributed by atoms with Crippen molar-refractivity contribution in [1.82, 2.24) is 19.9 Å². The molecular formula is C16H15N5O3S2. The Kier molecular flexibility index (Phi) is 5.35. The maximum atomic E-state index is 12.3. The normalized spacial score (nSPS) is 11.3. The van der Waals surface area contributed by atoms with E-state index in [-0.39, 0.29) is 21.9 Å². The van der Waals surface area contributed by atoms with Gasteiger partial charge in [0, 0.05) is 24.5 Å². The van der Waals surface area contributed by atoms with Gasteiger partial charge in [0.1, 0.15) is 0 Å². The van der Waals surface area contributed by atoms with Crippen LogP contribution in [-0.2, 0) is 16.6 Å². The number of rotatable bonds is 6. The Labute approximate surface area is 154 Å². The molecule has 3 aromatic rings. The number of amides is 1. The van der Waals surface area contributed by atoms with Gasteiger partial charge in [-0.3, -0.25) is 15.1 Å². The molecule has 0 aliphatic carbocycles. The average molecular weight is 389 g/mol. The third-order valence-electron chi connectivity index (χ3n) is 3.46. The number of hydrogen-bond acceptors (Lipinski definition) is 7. The van der Waals surface area contributed by atoms with Crippen LogP contribution >= 0.6 is 11.3 Å². The molecule has 2 N–H and O–H groups in total. The minimum Gasteiger partial charge on any atom is -0.296 e. The molecule has 1 amide bonds. The first-order valence-electron chi connectivity index (χ1n) is 7.55. The van der Waals surface area contributed by atoms with Crippen molar-refractivity contribution in [2.24, 2.45) is 0 Å². The topological polar surface area (TPSA) is 114 Å². The summed E-state index contributed by atoms with van der Waals surface area (Å²) in [4.78, 5) is 16.1. The molecular weight excluding hydrogens is 374 g/mol. The highest BCUT2D eigenvalue weighted by Crippen LogP contribution is 2.21. The van der Waals surface area contributed by atoms with Crippen molar-refractivity contribution in [3.63, 3.8) is 0 Å². The third-order valence-corrected chi connectivity index (χ3v) is 6.07. The van der Waals surface area contributed by atoms with Gasteiger partial charge in [-0.25, -0.2) is 13.1 Å². The summed E-state index contributed by atoms with van der Waals surface area (Å²) in [5.74, 6) is -0.368. The highest BCUT2D eigenvalue weighted by Gasteiger charge is 2.21. The summed E-state index contributed by atoms with van der Waals surface area (Å²) in [6, 6.07) is 10.5. The van der Waals surface area contributed by atoms with Crippen molar-refractivity contribution >= 4 is 32.4 Å². The lowest BCUT2D eigenvalue weighted by Crippen LogP contribution is -2.23. The molecule has 2 heterocycles. The SMILES string of the molecule is Cc1ccccc1C(=O)Nc1nnc(S(=O)(=O)NCc2ccncc2)s1. The minimum absolute atomic E-state index is 0.106. The van der Waals surface area contributed by atoms with Crippen LogP contribution in [0.25, 0.3) is 0 Å². The van der Waals surface area contributed by atoms with Crippen LogP contribution in [0.15, 0.2) is 53.1 Å². The van der Waals surface area contributed by atoms with E-state index < -0.39 is 10.0 Å². The molecule has 0 aliphatic rings. The Morgan fingerprint density at radius 3 is 2.58 bits per heavy atom. The van der Waals surface area contributed by atoms with Crippen LogP contribution < -0.4 is 10.0 Å². The molecule has 0 aliphatic heterocycles. The molecule has 26 heavy (non-hydrogen) atoms. The van der Waals surface area contributed by atoms with E-state index in [9.17, 15) is 13.2 Å². The second kappa shape index (κ2) is 7.68. The number of anilines is 1. The molecule has 8 nitrogen and oxygen atoms in total. The maximum absolute atomic E-state index is 12.3. The number of aryl methyl sites for hydroxylation is 1. The lowest BCUT2D eigenvalue weighted by atomic mass is 10.1. The van der Waals surface area contributed by atoms with Gasteiger partial charge in [0.05, 0.1) is 0 Å². The zero-order chi connectivity index (χ0) is 18.6. The van der Waals surface area contributed by atoms with Crippen LogP contribution in [0.4, 0.5) is 5.13 Å². The van der Waals surface area contributed by atoms with Crippen molar-refractivity contribution in [2.45, 2.75) is 17.8 Å². The Hall–Kier alpha value is -2.69. The van der Waals surface area contributed by atoms with Crippen molar-refractivity contribution in [1.29, 1.82) is 0 Å². The summed E-state index contributed by atoms with van der Waals surface area (Å²) in [6.45, 7) is 1.92. The Balaban J connectivity index is 1.69. The summed E-state index contributed by atoms with van der Waals surface area (Å²) in [7, 11) is -3.82. The van der Waals surface area contributed by atoms with Gasteiger partial charge in [-0.05, 0) is 36.2 Å². The van der Waals surface area contributed by atoms with Crippen molar-refractivity contribution in [3.05, 3.63) is 65.5 Å². The molecule has 0 unspecified atom stereocenters. The smallest absolute Gasteiger partial charge is 0.270 e. The quantitative estimate of drug-likeness (QED) is 0.623. The number of aromatic nitrogens is 3. The predicted octanol–water partition coefficient (Wildman–Crippen LogP) is 1.97. The number of carbonyl (C=O) groups excluding carboxylic acids is 1. The number of pyridine rings is 1. The van der Waals surface area contributed by atoms with Gasteiger partial charge in [0.2, 0.25) is 9.47 Å². The lowest BCUT2D eigenvalue weighted by molar-refractivity contribution is 0.102. The molecule has 0 bridgehead atoms. The van der Waals surface area contributed by atoms with Crippen LogP contribution in [0.3, 0.4) is 0 Å². The summed E-state index contributed by atoms with van der Waals surface area (Å²) in [6.07, 6.45) is 3.15.